The molecule has 7 heteroatoms. The predicted molar refractivity (Wildman–Crippen MR) is 123 cm³/mol. The molecule has 3 aromatic rings. The van der Waals surface area contributed by atoms with Gasteiger partial charge in [-0.05, 0) is 48.7 Å². The molecule has 0 spiro atoms. The van der Waals surface area contributed by atoms with E-state index in [4.69, 9.17) is 14.2 Å². The summed E-state index contributed by atoms with van der Waals surface area (Å²) < 4.78 is 18.6. The van der Waals surface area contributed by atoms with Crippen molar-refractivity contribution in [1.82, 2.24) is 14.8 Å². The van der Waals surface area contributed by atoms with Crippen molar-refractivity contribution in [3.63, 3.8) is 0 Å². The highest BCUT2D eigenvalue weighted by Crippen LogP contribution is 2.38. The van der Waals surface area contributed by atoms with Gasteiger partial charge in [-0.1, -0.05) is 43.2 Å². The van der Waals surface area contributed by atoms with Gasteiger partial charge in [0.1, 0.15) is 5.75 Å². The van der Waals surface area contributed by atoms with Gasteiger partial charge in [-0.3, -0.25) is 4.57 Å². The Hall–Kier alpha value is -2.67. The van der Waals surface area contributed by atoms with Crippen molar-refractivity contribution in [3.05, 3.63) is 48.0 Å². The molecule has 164 valence electrons. The van der Waals surface area contributed by atoms with E-state index in [1.54, 1.807) is 33.1 Å². The first-order chi connectivity index (χ1) is 15.2. The molecule has 0 radical (unpaired) electrons. The van der Waals surface area contributed by atoms with E-state index in [0.717, 1.165) is 40.9 Å². The number of hydrogen-bond donors (Lipinski definition) is 0. The van der Waals surface area contributed by atoms with Crippen LogP contribution in [-0.2, 0) is 5.75 Å². The Morgan fingerprint density at radius 3 is 2.45 bits per heavy atom. The highest BCUT2D eigenvalue weighted by atomic mass is 32.2. The summed E-state index contributed by atoms with van der Waals surface area (Å²) in [4.78, 5) is 0. The molecule has 0 amide bonds. The number of hydrogen-bond acceptors (Lipinski definition) is 6. The quantitative estimate of drug-likeness (QED) is 0.415. The number of thioether (sulfide) groups is 1. The zero-order chi connectivity index (χ0) is 21.6. The third-order valence-electron chi connectivity index (χ3n) is 5.75. The Morgan fingerprint density at radius 2 is 1.71 bits per heavy atom. The second-order valence-electron chi connectivity index (χ2n) is 7.68. The smallest absolute Gasteiger partial charge is 0.192 e. The number of rotatable bonds is 8. The summed E-state index contributed by atoms with van der Waals surface area (Å²) >= 11 is 1.72. The van der Waals surface area contributed by atoms with E-state index < -0.39 is 0 Å². The third-order valence-corrected chi connectivity index (χ3v) is 6.76. The number of methoxy groups -OCH3 is 3. The maximum Gasteiger partial charge on any atom is 0.192 e. The van der Waals surface area contributed by atoms with Crippen LogP contribution in [0.1, 0.15) is 43.7 Å². The van der Waals surface area contributed by atoms with E-state index in [9.17, 15) is 0 Å². The van der Waals surface area contributed by atoms with Crippen molar-refractivity contribution in [3.8, 4) is 28.6 Å². The zero-order valence-electron chi connectivity index (χ0n) is 18.3. The normalized spacial score (nSPS) is 14.4. The van der Waals surface area contributed by atoms with Crippen molar-refractivity contribution >= 4 is 11.8 Å². The molecule has 0 N–H and O–H groups in total. The minimum atomic E-state index is 0.416. The summed E-state index contributed by atoms with van der Waals surface area (Å²) in [5, 5.41) is 10.2. The standard InChI is InChI=1S/C24H29N3O3S/c1-28-20-11-7-8-17(14-20)16-31-24-26-25-23(27(24)19-9-5-4-6-10-19)18-12-13-21(29-2)22(15-18)30-3/h7-8,11-15,19H,4-6,9-10,16H2,1-3H3. The highest BCUT2D eigenvalue weighted by molar-refractivity contribution is 7.98. The number of benzene rings is 2. The molecule has 0 atom stereocenters. The van der Waals surface area contributed by atoms with Crippen LogP contribution in [0, 0.1) is 0 Å². The summed E-state index contributed by atoms with van der Waals surface area (Å²) in [5.74, 6) is 3.98. The van der Waals surface area contributed by atoms with Crippen LogP contribution in [0.25, 0.3) is 11.4 Å². The lowest BCUT2D eigenvalue weighted by Crippen LogP contribution is -2.15. The summed E-state index contributed by atoms with van der Waals surface area (Å²) in [7, 11) is 5.00. The first kappa shape index (κ1) is 21.6. The lowest BCUT2D eigenvalue weighted by atomic mass is 9.95. The van der Waals surface area contributed by atoms with Crippen molar-refractivity contribution in [2.45, 2.75) is 49.1 Å². The van der Waals surface area contributed by atoms with Crippen LogP contribution in [0.3, 0.4) is 0 Å². The molecule has 0 aliphatic heterocycles. The first-order valence-electron chi connectivity index (χ1n) is 10.7. The highest BCUT2D eigenvalue weighted by Gasteiger charge is 2.24. The zero-order valence-corrected chi connectivity index (χ0v) is 19.2. The van der Waals surface area contributed by atoms with E-state index in [2.05, 4.69) is 26.9 Å². The Morgan fingerprint density at radius 1 is 0.903 bits per heavy atom. The van der Waals surface area contributed by atoms with Crippen LogP contribution in [0.5, 0.6) is 17.2 Å². The Balaban J connectivity index is 1.67. The molecular formula is C24H29N3O3S. The fraction of sp³-hybridized carbons (Fsp3) is 0.417. The predicted octanol–water partition coefficient (Wildman–Crippen LogP) is 5.77. The van der Waals surface area contributed by atoms with Gasteiger partial charge in [-0.25, -0.2) is 0 Å². The minimum absolute atomic E-state index is 0.416. The van der Waals surface area contributed by atoms with Gasteiger partial charge in [0.2, 0.25) is 0 Å². The van der Waals surface area contributed by atoms with Gasteiger partial charge < -0.3 is 14.2 Å². The van der Waals surface area contributed by atoms with Crippen LogP contribution in [-0.4, -0.2) is 36.1 Å². The Bertz CT molecular complexity index is 1020. The molecule has 1 aromatic heterocycles. The minimum Gasteiger partial charge on any atom is -0.497 e. The summed E-state index contributed by atoms with van der Waals surface area (Å²) in [6.45, 7) is 0. The largest absolute Gasteiger partial charge is 0.497 e. The maximum absolute atomic E-state index is 5.52. The number of ether oxygens (including phenoxy) is 3. The molecule has 4 rings (SSSR count). The molecule has 0 bridgehead atoms. The molecule has 0 unspecified atom stereocenters. The van der Waals surface area contributed by atoms with E-state index >= 15 is 0 Å². The van der Waals surface area contributed by atoms with E-state index in [1.807, 2.05) is 30.3 Å². The second kappa shape index (κ2) is 10.1. The summed E-state index contributed by atoms with van der Waals surface area (Å²) in [6, 6.07) is 14.5. The average molecular weight is 440 g/mol. The summed E-state index contributed by atoms with van der Waals surface area (Å²) in [6.07, 6.45) is 6.11. The monoisotopic (exact) mass is 439 g/mol. The molecule has 1 heterocycles. The fourth-order valence-electron chi connectivity index (χ4n) is 4.13. The fourth-order valence-corrected chi connectivity index (χ4v) is 5.07. The molecule has 0 saturated heterocycles. The van der Waals surface area contributed by atoms with Crippen LogP contribution in [0.15, 0.2) is 47.6 Å². The van der Waals surface area contributed by atoms with Crippen molar-refractivity contribution < 1.29 is 14.2 Å². The molecule has 1 aliphatic rings. The second-order valence-corrected chi connectivity index (χ2v) is 8.62. The average Bonchev–Trinajstić information content (AvgIpc) is 3.27. The topological polar surface area (TPSA) is 58.4 Å². The van der Waals surface area contributed by atoms with Gasteiger partial charge in [-0.2, -0.15) is 0 Å². The van der Waals surface area contributed by atoms with Crippen molar-refractivity contribution in [2.75, 3.05) is 21.3 Å². The van der Waals surface area contributed by atoms with Gasteiger partial charge in [0.15, 0.2) is 22.5 Å². The molecule has 1 saturated carbocycles. The maximum atomic E-state index is 5.52. The van der Waals surface area contributed by atoms with Gasteiger partial charge in [0.05, 0.1) is 21.3 Å². The molecule has 1 fully saturated rings. The Kier molecular flexibility index (Phi) is 7.02. The van der Waals surface area contributed by atoms with Crippen molar-refractivity contribution in [1.29, 1.82) is 0 Å². The molecule has 6 nitrogen and oxygen atoms in total. The summed E-state index contributed by atoms with van der Waals surface area (Å²) in [5.41, 5.74) is 2.19. The van der Waals surface area contributed by atoms with Gasteiger partial charge >= 0.3 is 0 Å². The van der Waals surface area contributed by atoms with Crippen LogP contribution in [0.4, 0.5) is 0 Å². The molecule has 2 aromatic carbocycles. The van der Waals surface area contributed by atoms with Gasteiger partial charge in [-0.15, -0.1) is 10.2 Å². The lowest BCUT2D eigenvalue weighted by molar-refractivity contribution is 0.339. The van der Waals surface area contributed by atoms with Crippen LogP contribution in [0.2, 0.25) is 0 Å². The first-order valence-corrected chi connectivity index (χ1v) is 11.6. The number of nitrogens with zero attached hydrogens (tertiary/aromatic N) is 3. The SMILES string of the molecule is COc1cccc(CSc2nnc(-c3ccc(OC)c(OC)c3)n2C2CCCCC2)c1. The van der Waals surface area contributed by atoms with Gasteiger partial charge in [0.25, 0.3) is 0 Å². The van der Waals surface area contributed by atoms with Gasteiger partial charge in [0, 0.05) is 17.4 Å². The van der Waals surface area contributed by atoms with E-state index in [1.165, 1.54) is 24.8 Å². The van der Waals surface area contributed by atoms with Crippen LogP contribution >= 0.6 is 11.8 Å². The molecule has 1 aliphatic carbocycles. The number of aromatic nitrogens is 3. The van der Waals surface area contributed by atoms with Crippen LogP contribution < -0.4 is 14.2 Å². The van der Waals surface area contributed by atoms with E-state index in [0.29, 0.717) is 17.5 Å². The van der Waals surface area contributed by atoms with E-state index in [-0.39, 0.29) is 0 Å². The Labute approximate surface area is 187 Å². The lowest BCUT2D eigenvalue weighted by Gasteiger charge is -2.25. The molecule has 31 heavy (non-hydrogen) atoms. The third kappa shape index (κ3) is 4.82. The molecular weight excluding hydrogens is 410 g/mol. The van der Waals surface area contributed by atoms with Crippen molar-refractivity contribution in [2.24, 2.45) is 0 Å².